The van der Waals surface area contributed by atoms with Crippen molar-refractivity contribution < 1.29 is 4.74 Å². The van der Waals surface area contributed by atoms with Crippen molar-refractivity contribution in [2.75, 3.05) is 7.11 Å². The van der Waals surface area contributed by atoms with Gasteiger partial charge in [0.1, 0.15) is 5.76 Å². The second kappa shape index (κ2) is 10.8. The van der Waals surface area contributed by atoms with Crippen molar-refractivity contribution in [2.45, 2.75) is 20.8 Å². The lowest BCUT2D eigenvalue weighted by atomic mass is 10.2. The van der Waals surface area contributed by atoms with Crippen LogP contribution in [0.5, 0.6) is 0 Å². The first-order chi connectivity index (χ1) is 6.29. The smallest absolute Gasteiger partial charge is 0.125 e. The zero-order valence-corrected chi connectivity index (χ0v) is 9.13. The van der Waals surface area contributed by atoms with Gasteiger partial charge in [0.15, 0.2) is 0 Å². The molecule has 0 radical (unpaired) electrons. The lowest BCUT2D eigenvalue weighted by Crippen LogP contribution is -1.85. The van der Waals surface area contributed by atoms with E-state index in [9.17, 15) is 0 Å². The van der Waals surface area contributed by atoms with Gasteiger partial charge in [-0.15, -0.1) is 0 Å². The summed E-state index contributed by atoms with van der Waals surface area (Å²) < 4.78 is 5.08. The van der Waals surface area contributed by atoms with Crippen molar-refractivity contribution in [3.8, 4) is 0 Å². The molecule has 0 aliphatic rings. The van der Waals surface area contributed by atoms with Gasteiger partial charge in [-0.05, 0) is 13.0 Å². The SMILES string of the molecule is C=CC(C=C)=C(/C=C\C)OC.CC. The van der Waals surface area contributed by atoms with Crippen LogP contribution in [-0.4, -0.2) is 7.11 Å². The Morgan fingerprint density at radius 1 is 1.15 bits per heavy atom. The molecule has 1 nitrogen and oxygen atoms in total. The lowest BCUT2D eigenvalue weighted by molar-refractivity contribution is 0.304. The summed E-state index contributed by atoms with van der Waals surface area (Å²) >= 11 is 0. The molecule has 13 heavy (non-hydrogen) atoms. The van der Waals surface area contributed by atoms with Gasteiger partial charge in [-0.2, -0.15) is 0 Å². The van der Waals surface area contributed by atoms with Crippen LogP contribution in [0, 0.1) is 0 Å². The third-order valence-corrected chi connectivity index (χ3v) is 1.26. The maximum Gasteiger partial charge on any atom is 0.125 e. The van der Waals surface area contributed by atoms with Gasteiger partial charge < -0.3 is 4.74 Å². The van der Waals surface area contributed by atoms with Crippen molar-refractivity contribution >= 4 is 0 Å². The Bertz CT molecular complexity index is 187. The number of ether oxygens (including phenoxy) is 1. The van der Waals surface area contributed by atoms with Crippen LogP contribution < -0.4 is 0 Å². The first kappa shape index (κ1) is 14.3. The Morgan fingerprint density at radius 3 is 1.85 bits per heavy atom. The van der Waals surface area contributed by atoms with E-state index >= 15 is 0 Å². The molecule has 0 rings (SSSR count). The highest BCUT2D eigenvalue weighted by Crippen LogP contribution is 2.08. The van der Waals surface area contributed by atoms with E-state index in [2.05, 4.69) is 13.2 Å². The highest BCUT2D eigenvalue weighted by Gasteiger charge is 1.93. The van der Waals surface area contributed by atoms with Gasteiger partial charge in [-0.25, -0.2) is 0 Å². The second-order valence-electron chi connectivity index (χ2n) is 1.93. The van der Waals surface area contributed by atoms with Gasteiger partial charge in [-0.3, -0.25) is 0 Å². The maximum atomic E-state index is 5.08. The van der Waals surface area contributed by atoms with E-state index in [4.69, 9.17) is 4.74 Å². The molecule has 1 heteroatoms. The molecule has 74 valence electrons. The van der Waals surface area contributed by atoms with Crippen LogP contribution in [-0.2, 0) is 4.74 Å². The standard InChI is InChI=1S/C10H14O.C2H6/c1-5-8-10(11-4)9(6-2)7-3;1-2/h5-8H,2-3H2,1,4H3;1-2H3/b8-5-;. The predicted octanol–water partition coefficient (Wildman–Crippen LogP) is 3.86. The third kappa shape index (κ3) is 5.97. The highest BCUT2D eigenvalue weighted by molar-refractivity contribution is 5.35. The minimum absolute atomic E-state index is 0.789. The van der Waals surface area contributed by atoms with E-state index in [1.807, 2.05) is 32.9 Å². The summed E-state index contributed by atoms with van der Waals surface area (Å²) in [5.74, 6) is 0.789. The van der Waals surface area contributed by atoms with Crippen LogP contribution in [0.3, 0.4) is 0 Å². The third-order valence-electron chi connectivity index (χ3n) is 1.26. The zero-order chi connectivity index (χ0) is 10.7. The largest absolute Gasteiger partial charge is 0.496 e. The van der Waals surface area contributed by atoms with Gasteiger partial charge in [0.05, 0.1) is 7.11 Å². The zero-order valence-electron chi connectivity index (χ0n) is 9.13. The van der Waals surface area contributed by atoms with E-state index in [0.717, 1.165) is 11.3 Å². The molecule has 0 N–H and O–H groups in total. The monoisotopic (exact) mass is 180 g/mol. The Kier molecular flexibility index (Phi) is 11.8. The van der Waals surface area contributed by atoms with E-state index in [1.54, 1.807) is 19.3 Å². The average Bonchev–Trinajstić information content (AvgIpc) is 2.21. The van der Waals surface area contributed by atoms with Crippen molar-refractivity contribution in [3.63, 3.8) is 0 Å². The van der Waals surface area contributed by atoms with Crippen LogP contribution in [0.4, 0.5) is 0 Å². The molecule has 0 spiro atoms. The van der Waals surface area contributed by atoms with Gasteiger partial charge in [0.25, 0.3) is 0 Å². The molecule has 0 amide bonds. The molecule has 0 saturated carbocycles. The van der Waals surface area contributed by atoms with Crippen molar-refractivity contribution in [1.82, 2.24) is 0 Å². The number of methoxy groups -OCH3 is 1. The molecular weight excluding hydrogens is 160 g/mol. The molecule has 0 heterocycles. The molecular formula is C12H20O. The number of hydrogen-bond acceptors (Lipinski definition) is 1. The number of hydrogen-bond donors (Lipinski definition) is 0. The topological polar surface area (TPSA) is 9.23 Å². The van der Waals surface area contributed by atoms with E-state index in [0.29, 0.717) is 0 Å². The Morgan fingerprint density at radius 2 is 1.62 bits per heavy atom. The molecule has 0 atom stereocenters. The van der Waals surface area contributed by atoms with Crippen LogP contribution >= 0.6 is 0 Å². The van der Waals surface area contributed by atoms with Crippen molar-refractivity contribution in [3.05, 3.63) is 48.8 Å². The average molecular weight is 180 g/mol. The van der Waals surface area contributed by atoms with Crippen LogP contribution in [0.1, 0.15) is 20.8 Å². The molecule has 0 aromatic carbocycles. The fourth-order valence-electron chi connectivity index (χ4n) is 0.718. The van der Waals surface area contributed by atoms with Crippen LogP contribution in [0.15, 0.2) is 48.8 Å². The summed E-state index contributed by atoms with van der Waals surface area (Å²) in [6, 6.07) is 0. The first-order valence-corrected chi connectivity index (χ1v) is 4.46. The minimum atomic E-state index is 0.789. The fourth-order valence-corrected chi connectivity index (χ4v) is 0.718. The van der Waals surface area contributed by atoms with Crippen molar-refractivity contribution in [1.29, 1.82) is 0 Å². The van der Waals surface area contributed by atoms with E-state index < -0.39 is 0 Å². The van der Waals surface area contributed by atoms with Gasteiger partial charge in [0.2, 0.25) is 0 Å². The highest BCUT2D eigenvalue weighted by atomic mass is 16.5. The fraction of sp³-hybridized carbons (Fsp3) is 0.333. The van der Waals surface area contributed by atoms with Gasteiger partial charge in [-0.1, -0.05) is 45.2 Å². The number of allylic oxidation sites excluding steroid dienone is 5. The Hall–Kier alpha value is -1.24. The van der Waals surface area contributed by atoms with E-state index in [-0.39, 0.29) is 0 Å². The summed E-state index contributed by atoms with van der Waals surface area (Å²) in [4.78, 5) is 0. The second-order valence-corrected chi connectivity index (χ2v) is 1.93. The molecule has 0 unspecified atom stereocenters. The molecule has 0 saturated heterocycles. The summed E-state index contributed by atoms with van der Waals surface area (Å²) in [5.41, 5.74) is 0.908. The molecule has 0 aromatic rings. The predicted molar refractivity (Wildman–Crippen MR) is 60.6 cm³/mol. The Balaban J connectivity index is 0. The normalized spacial score (nSPS) is 8.31. The maximum absolute atomic E-state index is 5.08. The lowest BCUT2D eigenvalue weighted by Gasteiger charge is -2.02. The quantitative estimate of drug-likeness (QED) is 0.471. The summed E-state index contributed by atoms with van der Waals surface area (Å²) in [6.07, 6.45) is 7.21. The van der Waals surface area contributed by atoms with E-state index in [1.165, 1.54) is 0 Å². The summed E-state index contributed by atoms with van der Waals surface area (Å²) in [7, 11) is 1.63. The van der Waals surface area contributed by atoms with Crippen LogP contribution in [0.2, 0.25) is 0 Å². The van der Waals surface area contributed by atoms with Gasteiger partial charge in [0, 0.05) is 5.57 Å². The Labute approximate surface area is 82.1 Å². The molecule has 0 fully saturated rings. The molecule has 0 aliphatic heterocycles. The summed E-state index contributed by atoms with van der Waals surface area (Å²) in [5, 5.41) is 0. The molecule has 0 bridgehead atoms. The summed E-state index contributed by atoms with van der Waals surface area (Å²) in [6.45, 7) is 13.2. The number of rotatable bonds is 4. The molecule has 0 aliphatic carbocycles. The molecule has 0 aromatic heterocycles. The minimum Gasteiger partial charge on any atom is -0.496 e. The van der Waals surface area contributed by atoms with Gasteiger partial charge >= 0.3 is 0 Å². The van der Waals surface area contributed by atoms with Crippen molar-refractivity contribution in [2.24, 2.45) is 0 Å². The van der Waals surface area contributed by atoms with Crippen LogP contribution in [0.25, 0.3) is 0 Å². The first-order valence-electron chi connectivity index (χ1n) is 4.46.